The van der Waals surface area contributed by atoms with Crippen molar-refractivity contribution in [2.24, 2.45) is 7.05 Å². The van der Waals surface area contributed by atoms with Crippen LogP contribution < -0.4 is 10.2 Å². The van der Waals surface area contributed by atoms with Crippen molar-refractivity contribution >= 4 is 29.1 Å². The molecule has 3 rings (SSSR count). The van der Waals surface area contributed by atoms with Gasteiger partial charge in [0.15, 0.2) is 0 Å². The van der Waals surface area contributed by atoms with Crippen LogP contribution in [0.4, 0.5) is 17.2 Å². The molecule has 21 heavy (non-hydrogen) atoms. The number of nitrogens with one attached hydrogen (secondary N) is 1. The Morgan fingerprint density at radius 2 is 2.10 bits per heavy atom. The molecule has 0 unspecified atom stereocenters. The van der Waals surface area contributed by atoms with Gasteiger partial charge < -0.3 is 15.3 Å². The Bertz CT molecular complexity index is 751. The van der Waals surface area contributed by atoms with Gasteiger partial charge in [-0.05, 0) is 19.1 Å². The van der Waals surface area contributed by atoms with Gasteiger partial charge in [-0.3, -0.25) is 9.48 Å². The lowest BCUT2D eigenvalue weighted by Crippen LogP contribution is -2.36. The van der Waals surface area contributed by atoms with Crippen molar-refractivity contribution in [2.45, 2.75) is 6.92 Å². The maximum Gasteiger partial charge on any atom is 0.341 e. The number of anilines is 3. The lowest BCUT2D eigenvalue weighted by atomic mass is 10.1. The van der Waals surface area contributed by atoms with Gasteiger partial charge in [0.05, 0.1) is 17.1 Å². The van der Waals surface area contributed by atoms with E-state index in [1.807, 2.05) is 18.2 Å². The zero-order valence-corrected chi connectivity index (χ0v) is 11.6. The number of hydrogen-bond acceptors (Lipinski definition) is 4. The highest BCUT2D eigenvalue weighted by Crippen LogP contribution is 2.36. The van der Waals surface area contributed by atoms with E-state index in [4.69, 9.17) is 0 Å². The normalized spacial score (nSPS) is 13.8. The monoisotopic (exact) mass is 286 g/mol. The highest BCUT2D eigenvalue weighted by atomic mass is 16.4. The first-order valence-electron chi connectivity index (χ1n) is 6.42. The number of fused-ring (bicyclic) bond motifs is 1. The van der Waals surface area contributed by atoms with Crippen molar-refractivity contribution in [3.63, 3.8) is 0 Å². The van der Waals surface area contributed by atoms with Crippen LogP contribution in [0, 0.1) is 6.92 Å². The van der Waals surface area contributed by atoms with Crippen molar-refractivity contribution in [3.05, 3.63) is 35.5 Å². The van der Waals surface area contributed by atoms with Crippen molar-refractivity contribution in [1.82, 2.24) is 9.78 Å². The summed E-state index contributed by atoms with van der Waals surface area (Å²) in [4.78, 5) is 25.1. The molecule has 0 atom stereocenters. The Morgan fingerprint density at radius 1 is 1.38 bits per heavy atom. The Labute approximate surface area is 120 Å². The first kappa shape index (κ1) is 13.2. The number of rotatable bonds is 2. The summed E-state index contributed by atoms with van der Waals surface area (Å²) < 4.78 is 1.49. The van der Waals surface area contributed by atoms with Crippen LogP contribution in [-0.2, 0) is 11.8 Å². The molecule has 7 nitrogen and oxygen atoms in total. The van der Waals surface area contributed by atoms with Crippen LogP contribution in [0.1, 0.15) is 16.1 Å². The molecule has 1 aromatic carbocycles. The van der Waals surface area contributed by atoms with Gasteiger partial charge >= 0.3 is 5.97 Å². The van der Waals surface area contributed by atoms with Crippen molar-refractivity contribution in [3.8, 4) is 0 Å². The van der Waals surface area contributed by atoms with E-state index in [0.29, 0.717) is 17.2 Å². The molecule has 1 aliphatic heterocycles. The largest absolute Gasteiger partial charge is 0.477 e. The average molecular weight is 286 g/mol. The number of benzene rings is 1. The molecule has 7 heteroatoms. The van der Waals surface area contributed by atoms with Gasteiger partial charge in [-0.1, -0.05) is 12.1 Å². The minimum absolute atomic E-state index is 0.0519. The van der Waals surface area contributed by atoms with E-state index in [0.717, 1.165) is 5.69 Å². The third kappa shape index (κ3) is 2.03. The summed E-state index contributed by atoms with van der Waals surface area (Å²) in [6.45, 7) is 1.69. The second-order valence-corrected chi connectivity index (χ2v) is 4.86. The highest BCUT2D eigenvalue weighted by Gasteiger charge is 2.30. The highest BCUT2D eigenvalue weighted by molar-refractivity contribution is 6.05. The second-order valence-electron chi connectivity index (χ2n) is 4.86. The summed E-state index contributed by atoms with van der Waals surface area (Å²) in [5.74, 6) is -0.842. The van der Waals surface area contributed by atoms with E-state index < -0.39 is 5.97 Å². The van der Waals surface area contributed by atoms with Crippen molar-refractivity contribution < 1.29 is 14.7 Å². The van der Waals surface area contributed by atoms with Gasteiger partial charge in [-0.2, -0.15) is 5.10 Å². The van der Waals surface area contributed by atoms with Crippen LogP contribution in [0.15, 0.2) is 24.3 Å². The molecule has 1 aliphatic rings. The molecule has 0 saturated carbocycles. The van der Waals surface area contributed by atoms with Gasteiger partial charge in [-0.25, -0.2) is 4.79 Å². The molecule has 2 aromatic rings. The van der Waals surface area contributed by atoms with Crippen molar-refractivity contribution in [1.29, 1.82) is 0 Å². The number of amides is 1. The molecule has 0 fully saturated rings. The summed E-state index contributed by atoms with van der Waals surface area (Å²) in [7, 11) is 1.67. The Balaban J connectivity index is 2.22. The fourth-order valence-electron chi connectivity index (χ4n) is 2.63. The number of hydrogen-bond donors (Lipinski definition) is 2. The number of carbonyl (C=O) groups excluding carboxylic acids is 1. The Morgan fingerprint density at radius 3 is 2.81 bits per heavy atom. The van der Waals surface area contributed by atoms with E-state index in [1.165, 1.54) is 4.68 Å². The van der Waals surface area contributed by atoms with E-state index in [-0.39, 0.29) is 18.0 Å². The van der Waals surface area contributed by atoms with E-state index in [9.17, 15) is 14.7 Å². The number of carboxylic acids is 1. The van der Waals surface area contributed by atoms with Gasteiger partial charge in [-0.15, -0.1) is 0 Å². The fraction of sp³-hybridized carbons (Fsp3) is 0.214. The van der Waals surface area contributed by atoms with Crippen LogP contribution >= 0.6 is 0 Å². The number of nitrogens with zero attached hydrogens (tertiary/aromatic N) is 3. The molecular weight excluding hydrogens is 272 g/mol. The predicted molar refractivity (Wildman–Crippen MR) is 77.0 cm³/mol. The third-order valence-electron chi connectivity index (χ3n) is 3.43. The molecule has 0 saturated heterocycles. The van der Waals surface area contributed by atoms with Crippen LogP contribution in [0.2, 0.25) is 0 Å². The molecule has 0 aliphatic carbocycles. The summed E-state index contributed by atoms with van der Waals surface area (Å²) in [5, 5.41) is 16.4. The molecule has 2 heterocycles. The van der Waals surface area contributed by atoms with Gasteiger partial charge in [0.2, 0.25) is 5.91 Å². The summed E-state index contributed by atoms with van der Waals surface area (Å²) in [6, 6.07) is 7.27. The molecule has 0 bridgehead atoms. The van der Waals surface area contributed by atoms with Crippen LogP contribution in [-0.4, -0.2) is 33.3 Å². The van der Waals surface area contributed by atoms with Crippen LogP contribution in [0.5, 0.6) is 0 Å². The molecule has 1 amide bonds. The maximum absolute atomic E-state index is 11.9. The zero-order valence-electron chi connectivity index (χ0n) is 11.6. The SMILES string of the molecule is Cc1nn(C)c(N2CC(=O)Nc3ccccc32)c1C(=O)O. The average Bonchev–Trinajstić information content (AvgIpc) is 2.72. The van der Waals surface area contributed by atoms with Crippen LogP contribution in [0.25, 0.3) is 0 Å². The summed E-state index contributed by atoms with van der Waals surface area (Å²) in [5.41, 5.74) is 1.94. The fourth-order valence-corrected chi connectivity index (χ4v) is 2.63. The molecule has 2 N–H and O–H groups in total. The second kappa shape index (κ2) is 4.62. The number of aryl methyl sites for hydroxylation is 2. The lowest BCUT2D eigenvalue weighted by molar-refractivity contribution is -0.115. The van der Waals surface area contributed by atoms with Crippen molar-refractivity contribution in [2.75, 3.05) is 16.8 Å². The molecule has 1 aromatic heterocycles. The molecule has 0 radical (unpaired) electrons. The zero-order chi connectivity index (χ0) is 15.1. The Hall–Kier alpha value is -2.83. The quantitative estimate of drug-likeness (QED) is 0.874. The minimum atomic E-state index is -1.06. The predicted octanol–water partition coefficient (Wildman–Crippen LogP) is 1.52. The van der Waals surface area contributed by atoms with E-state index >= 15 is 0 Å². The Kier molecular flexibility index (Phi) is 2.90. The number of aromatic nitrogens is 2. The number of aromatic carboxylic acids is 1. The smallest absolute Gasteiger partial charge is 0.341 e. The first-order chi connectivity index (χ1) is 9.99. The number of carboxylic acid groups (broad SMARTS) is 1. The van der Waals surface area contributed by atoms with Gasteiger partial charge in [0.25, 0.3) is 0 Å². The number of para-hydroxylation sites is 2. The summed E-state index contributed by atoms with van der Waals surface area (Å²) in [6.07, 6.45) is 0. The third-order valence-corrected chi connectivity index (χ3v) is 3.43. The standard InChI is InChI=1S/C14H14N4O3/c1-8-12(14(20)21)13(17(2)16-8)18-7-11(19)15-9-5-3-4-6-10(9)18/h3-6H,7H2,1-2H3,(H,15,19)(H,20,21). The van der Waals surface area contributed by atoms with Crippen LogP contribution in [0.3, 0.4) is 0 Å². The molecule has 108 valence electrons. The lowest BCUT2D eigenvalue weighted by Gasteiger charge is -2.30. The molecule has 0 spiro atoms. The van der Waals surface area contributed by atoms with Gasteiger partial charge in [0, 0.05) is 7.05 Å². The minimum Gasteiger partial charge on any atom is -0.477 e. The van der Waals surface area contributed by atoms with Gasteiger partial charge in [0.1, 0.15) is 17.9 Å². The van der Waals surface area contributed by atoms with E-state index in [2.05, 4.69) is 10.4 Å². The summed E-state index contributed by atoms with van der Waals surface area (Å²) >= 11 is 0. The topological polar surface area (TPSA) is 87.5 Å². The molecular formula is C14H14N4O3. The first-order valence-corrected chi connectivity index (χ1v) is 6.42. The van der Waals surface area contributed by atoms with E-state index in [1.54, 1.807) is 24.9 Å². The maximum atomic E-state index is 11.9. The number of carbonyl (C=O) groups is 2.